The number of carbonyl (C=O) groups is 2. The molecule has 2 fully saturated rings. The highest BCUT2D eigenvalue weighted by atomic mass is 32.1. The Morgan fingerprint density at radius 3 is 2.92 bits per heavy atom. The van der Waals surface area contributed by atoms with Gasteiger partial charge in [-0.15, -0.1) is 0 Å². The lowest BCUT2D eigenvalue weighted by Crippen LogP contribution is -2.53. The van der Waals surface area contributed by atoms with Crippen molar-refractivity contribution in [3.8, 4) is 0 Å². The van der Waals surface area contributed by atoms with Crippen molar-refractivity contribution in [3.05, 3.63) is 11.1 Å². The summed E-state index contributed by atoms with van der Waals surface area (Å²) in [6, 6.07) is 0. The summed E-state index contributed by atoms with van der Waals surface area (Å²) in [4.78, 5) is 27.5. The van der Waals surface area contributed by atoms with Gasteiger partial charge in [-0.3, -0.25) is 4.79 Å². The zero-order chi connectivity index (χ0) is 17.5. The molecule has 10 heteroatoms. The van der Waals surface area contributed by atoms with Gasteiger partial charge in [-0.25, -0.2) is 9.78 Å². The first kappa shape index (κ1) is 17.2. The van der Waals surface area contributed by atoms with Crippen LogP contribution in [0.2, 0.25) is 0 Å². The van der Waals surface area contributed by atoms with E-state index in [0.29, 0.717) is 11.6 Å². The summed E-state index contributed by atoms with van der Waals surface area (Å²) in [6.45, 7) is 1.28. The molecule has 5 atom stereocenters. The maximum atomic E-state index is 11.9. The normalized spacial score (nSPS) is 34.3. The molecule has 2 heterocycles. The third kappa shape index (κ3) is 2.91. The Morgan fingerprint density at radius 1 is 1.50 bits per heavy atom. The van der Waals surface area contributed by atoms with Crippen LogP contribution in [0.4, 0.5) is 5.13 Å². The summed E-state index contributed by atoms with van der Waals surface area (Å²) < 4.78 is 10.3. The Labute approximate surface area is 141 Å². The SMILES string of the molecule is CCOC(=O)C(=O)c1cnc(NC23CC2C(O)C(O)C(CO)O3)s1. The number of ketones is 1. The Bertz CT molecular complexity index is 651. The van der Waals surface area contributed by atoms with E-state index in [1.54, 1.807) is 6.92 Å². The second-order valence-corrected chi connectivity index (χ2v) is 6.76. The van der Waals surface area contributed by atoms with E-state index in [1.807, 2.05) is 0 Å². The highest BCUT2D eigenvalue weighted by Crippen LogP contribution is 2.54. The highest BCUT2D eigenvalue weighted by molar-refractivity contribution is 7.18. The van der Waals surface area contributed by atoms with Gasteiger partial charge in [0, 0.05) is 12.3 Å². The number of nitrogens with zero attached hydrogens (tertiary/aromatic N) is 1. The summed E-state index contributed by atoms with van der Waals surface area (Å²) in [5.74, 6) is -2.06. The minimum atomic E-state index is -1.16. The Hall–Kier alpha value is -1.59. The molecule has 0 spiro atoms. The van der Waals surface area contributed by atoms with Gasteiger partial charge in [0.1, 0.15) is 22.8 Å². The van der Waals surface area contributed by atoms with E-state index in [-0.39, 0.29) is 17.4 Å². The smallest absolute Gasteiger partial charge is 0.380 e. The lowest BCUT2D eigenvalue weighted by molar-refractivity contribution is -0.177. The number of aliphatic hydroxyl groups excluding tert-OH is 3. The van der Waals surface area contributed by atoms with Crippen LogP contribution in [0, 0.1) is 5.92 Å². The van der Waals surface area contributed by atoms with E-state index in [0.717, 1.165) is 11.3 Å². The lowest BCUT2D eigenvalue weighted by Gasteiger charge is -2.36. The van der Waals surface area contributed by atoms with Crippen LogP contribution >= 0.6 is 11.3 Å². The van der Waals surface area contributed by atoms with Crippen molar-refractivity contribution >= 4 is 28.2 Å². The fraction of sp³-hybridized carbons (Fsp3) is 0.643. The average Bonchev–Trinajstić information content (AvgIpc) is 3.08. The molecule has 5 unspecified atom stereocenters. The minimum absolute atomic E-state index is 0.107. The molecule has 24 heavy (non-hydrogen) atoms. The van der Waals surface area contributed by atoms with E-state index < -0.39 is 42.4 Å². The molecule has 1 aromatic heterocycles. The number of esters is 1. The molecule has 0 amide bonds. The number of aliphatic hydroxyl groups is 3. The predicted octanol–water partition coefficient (Wildman–Crippen LogP) is -0.870. The monoisotopic (exact) mass is 358 g/mol. The van der Waals surface area contributed by atoms with Gasteiger partial charge in [0.15, 0.2) is 5.13 Å². The molecular formula is C14H18N2O7S. The Morgan fingerprint density at radius 2 is 2.25 bits per heavy atom. The quantitative estimate of drug-likeness (QED) is 0.290. The van der Waals surface area contributed by atoms with E-state index in [9.17, 15) is 24.9 Å². The van der Waals surface area contributed by atoms with Crippen molar-refractivity contribution in [2.24, 2.45) is 5.92 Å². The fourth-order valence-corrected chi connectivity index (χ4v) is 3.65. The molecule has 132 valence electrons. The van der Waals surface area contributed by atoms with E-state index in [4.69, 9.17) is 4.74 Å². The van der Waals surface area contributed by atoms with Crippen molar-refractivity contribution in [1.29, 1.82) is 0 Å². The Kier molecular flexibility index (Phi) is 4.58. The summed E-state index contributed by atoms with van der Waals surface area (Å²) in [7, 11) is 0. The molecule has 1 saturated carbocycles. The van der Waals surface area contributed by atoms with Crippen molar-refractivity contribution in [1.82, 2.24) is 4.98 Å². The van der Waals surface area contributed by atoms with Gasteiger partial charge in [0.25, 0.3) is 5.78 Å². The molecule has 4 N–H and O–H groups in total. The number of fused-ring (bicyclic) bond motifs is 1. The van der Waals surface area contributed by atoms with Crippen molar-refractivity contribution in [2.45, 2.75) is 37.4 Å². The van der Waals surface area contributed by atoms with Crippen LogP contribution in [0.15, 0.2) is 6.20 Å². The topological polar surface area (TPSA) is 138 Å². The van der Waals surface area contributed by atoms with Gasteiger partial charge in [-0.1, -0.05) is 11.3 Å². The molecule has 1 saturated heterocycles. The maximum absolute atomic E-state index is 11.9. The number of carbonyl (C=O) groups excluding carboxylic acids is 2. The van der Waals surface area contributed by atoms with Crippen LogP contribution in [0.25, 0.3) is 0 Å². The number of nitrogens with one attached hydrogen (secondary N) is 1. The molecule has 0 bridgehead atoms. The van der Waals surface area contributed by atoms with Gasteiger partial charge in [-0.05, 0) is 6.92 Å². The summed E-state index contributed by atoms with van der Waals surface area (Å²) in [5.41, 5.74) is -0.936. The maximum Gasteiger partial charge on any atom is 0.380 e. The first-order valence-electron chi connectivity index (χ1n) is 7.52. The van der Waals surface area contributed by atoms with Crippen LogP contribution in [-0.4, -0.2) is 69.3 Å². The van der Waals surface area contributed by atoms with Gasteiger partial charge in [0.05, 0.1) is 25.5 Å². The summed E-state index contributed by atoms with van der Waals surface area (Å²) in [6.07, 6.45) is -1.40. The number of hydrogen-bond donors (Lipinski definition) is 4. The lowest BCUT2D eigenvalue weighted by atomic mass is 10.0. The largest absolute Gasteiger partial charge is 0.460 e. The first-order valence-corrected chi connectivity index (χ1v) is 8.33. The number of hydrogen-bond acceptors (Lipinski definition) is 10. The van der Waals surface area contributed by atoms with Crippen LogP contribution in [-0.2, 0) is 14.3 Å². The third-order valence-electron chi connectivity index (χ3n) is 4.16. The van der Waals surface area contributed by atoms with Gasteiger partial charge >= 0.3 is 5.97 Å². The van der Waals surface area contributed by atoms with Crippen LogP contribution in [0.1, 0.15) is 23.0 Å². The standard InChI is InChI=1S/C14H18N2O7S/c1-2-22-12(21)11(20)8-4-15-13(24-8)16-14-3-6(14)9(18)10(19)7(5-17)23-14/h4,6-7,9-10,17-19H,2-3,5H2,1H3,(H,15,16). The van der Waals surface area contributed by atoms with Crippen LogP contribution in [0.5, 0.6) is 0 Å². The molecule has 3 rings (SSSR count). The second kappa shape index (κ2) is 6.37. The fourth-order valence-electron chi connectivity index (χ4n) is 2.83. The third-order valence-corrected chi connectivity index (χ3v) is 5.07. The van der Waals surface area contributed by atoms with Crippen molar-refractivity contribution in [3.63, 3.8) is 0 Å². The zero-order valence-electron chi connectivity index (χ0n) is 12.8. The molecule has 0 radical (unpaired) electrons. The Balaban J connectivity index is 1.70. The van der Waals surface area contributed by atoms with Crippen LogP contribution < -0.4 is 5.32 Å². The summed E-state index contributed by atoms with van der Waals surface area (Å²) in [5, 5.41) is 32.5. The van der Waals surface area contributed by atoms with Gasteiger partial charge < -0.3 is 30.1 Å². The summed E-state index contributed by atoms with van der Waals surface area (Å²) >= 11 is 0.966. The van der Waals surface area contributed by atoms with E-state index in [1.165, 1.54) is 6.20 Å². The van der Waals surface area contributed by atoms with Crippen molar-refractivity contribution < 1.29 is 34.4 Å². The number of rotatable bonds is 6. The number of thiazole rings is 1. The number of aromatic nitrogens is 1. The van der Waals surface area contributed by atoms with Gasteiger partial charge in [0.2, 0.25) is 0 Å². The molecule has 1 aliphatic heterocycles. The first-order chi connectivity index (χ1) is 11.4. The minimum Gasteiger partial charge on any atom is -0.460 e. The predicted molar refractivity (Wildman–Crippen MR) is 81.5 cm³/mol. The van der Waals surface area contributed by atoms with E-state index in [2.05, 4.69) is 15.0 Å². The highest BCUT2D eigenvalue weighted by Gasteiger charge is 2.66. The number of Topliss-reactive ketones (excluding diaryl/α,β-unsaturated/α-hetero) is 1. The molecule has 1 aromatic rings. The van der Waals surface area contributed by atoms with Crippen molar-refractivity contribution in [2.75, 3.05) is 18.5 Å². The molecule has 2 aliphatic rings. The van der Waals surface area contributed by atoms with E-state index >= 15 is 0 Å². The number of anilines is 1. The van der Waals surface area contributed by atoms with Crippen LogP contribution in [0.3, 0.4) is 0 Å². The van der Waals surface area contributed by atoms with Gasteiger partial charge in [-0.2, -0.15) is 0 Å². The molecule has 1 aliphatic carbocycles. The molecular weight excluding hydrogens is 340 g/mol. The molecule has 9 nitrogen and oxygen atoms in total. The average molecular weight is 358 g/mol. The number of ether oxygens (including phenoxy) is 2. The zero-order valence-corrected chi connectivity index (χ0v) is 13.7. The molecule has 0 aromatic carbocycles. The second-order valence-electron chi connectivity index (χ2n) is 5.72.